The third kappa shape index (κ3) is 3.32. The molecule has 0 spiro atoms. The van der Waals surface area contributed by atoms with Crippen LogP contribution in [0.1, 0.15) is 9.67 Å². The molecule has 0 bridgehead atoms. The molecular weight excluding hydrogens is 410 g/mol. The number of rotatable bonds is 3. The molecular formula is C19H11Cl2FN2O2S. The summed E-state index contributed by atoms with van der Waals surface area (Å²) in [4.78, 5) is 18.3. The second-order valence-electron chi connectivity index (χ2n) is 5.73. The Labute approximate surface area is 167 Å². The van der Waals surface area contributed by atoms with Crippen molar-refractivity contribution < 1.29 is 13.9 Å². The molecule has 0 atom stereocenters. The van der Waals surface area contributed by atoms with Gasteiger partial charge in [0.25, 0.3) is 5.91 Å². The van der Waals surface area contributed by atoms with E-state index in [1.165, 1.54) is 29.5 Å². The molecule has 1 N–H and O–H groups in total. The van der Waals surface area contributed by atoms with Gasteiger partial charge in [-0.15, -0.1) is 11.3 Å². The molecule has 2 aromatic carbocycles. The Morgan fingerprint density at radius 2 is 1.96 bits per heavy atom. The highest BCUT2D eigenvalue weighted by molar-refractivity contribution is 7.20. The van der Waals surface area contributed by atoms with Crippen molar-refractivity contribution in [3.05, 3.63) is 63.2 Å². The number of fused-ring (bicyclic) bond motifs is 2. The minimum atomic E-state index is -0.542. The number of anilines is 1. The first-order valence-corrected chi connectivity index (χ1v) is 9.36. The van der Waals surface area contributed by atoms with E-state index in [1.54, 1.807) is 19.2 Å². The highest BCUT2D eigenvalue weighted by Gasteiger charge is 2.15. The predicted molar refractivity (Wildman–Crippen MR) is 108 cm³/mol. The summed E-state index contributed by atoms with van der Waals surface area (Å²) in [5.74, 6) is -0.327. The molecule has 1 amide bonds. The van der Waals surface area contributed by atoms with E-state index in [2.05, 4.69) is 10.3 Å². The van der Waals surface area contributed by atoms with Gasteiger partial charge in [-0.05, 0) is 42.5 Å². The molecule has 0 fully saturated rings. The standard InChI is InChI=1S/C19H11Cl2FN2O2S/c1-26-14-5-2-9-6-10-7-15(27-19(10)24-17(9)16(14)21)18(25)23-11-3-4-13(22)12(20)8-11/h2-8H,1H3,(H,23,25). The topological polar surface area (TPSA) is 51.2 Å². The van der Waals surface area contributed by atoms with Crippen molar-refractivity contribution in [1.29, 1.82) is 0 Å². The first-order chi connectivity index (χ1) is 13.0. The fourth-order valence-electron chi connectivity index (χ4n) is 2.68. The molecule has 0 aliphatic carbocycles. The third-order valence-corrected chi connectivity index (χ3v) is 5.70. The fourth-order valence-corrected chi connectivity index (χ4v) is 4.07. The number of benzene rings is 2. The number of ether oxygens (including phenoxy) is 1. The van der Waals surface area contributed by atoms with Crippen LogP contribution in [0, 0.1) is 5.82 Å². The smallest absolute Gasteiger partial charge is 0.265 e. The maximum absolute atomic E-state index is 13.3. The second kappa shape index (κ2) is 6.96. The van der Waals surface area contributed by atoms with Gasteiger partial charge >= 0.3 is 0 Å². The number of nitrogens with zero attached hydrogens (tertiary/aromatic N) is 1. The molecule has 0 aliphatic rings. The largest absolute Gasteiger partial charge is 0.495 e. The number of carbonyl (C=O) groups is 1. The number of pyridine rings is 1. The van der Waals surface area contributed by atoms with Crippen LogP contribution in [-0.2, 0) is 0 Å². The maximum Gasteiger partial charge on any atom is 0.265 e. The summed E-state index contributed by atoms with van der Waals surface area (Å²) in [6.07, 6.45) is 0. The van der Waals surface area contributed by atoms with Gasteiger partial charge in [0.2, 0.25) is 0 Å². The summed E-state index contributed by atoms with van der Waals surface area (Å²) in [5.41, 5.74) is 1.03. The van der Waals surface area contributed by atoms with Gasteiger partial charge in [-0.3, -0.25) is 4.79 Å². The van der Waals surface area contributed by atoms with Crippen molar-refractivity contribution in [3.63, 3.8) is 0 Å². The van der Waals surface area contributed by atoms with Crippen molar-refractivity contribution in [2.45, 2.75) is 0 Å². The molecule has 2 heterocycles. The van der Waals surface area contributed by atoms with Crippen LogP contribution in [0.3, 0.4) is 0 Å². The van der Waals surface area contributed by atoms with E-state index in [1.807, 2.05) is 12.1 Å². The molecule has 0 saturated carbocycles. The Kier molecular flexibility index (Phi) is 4.63. The molecule has 0 unspecified atom stereocenters. The number of methoxy groups -OCH3 is 1. The molecule has 136 valence electrons. The zero-order valence-corrected chi connectivity index (χ0v) is 16.2. The number of carbonyl (C=O) groups excluding carboxylic acids is 1. The van der Waals surface area contributed by atoms with Crippen LogP contribution >= 0.6 is 34.5 Å². The van der Waals surface area contributed by atoms with Gasteiger partial charge in [0, 0.05) is 16.5 Å². The lowest BCUT2D eigenvalue weighted by Gasteiger charge is -2.05. The summed E-state index contributed by atoms with van der Waals surface area (Å²) in [7, 11) is 1.54. The average molecular weight is 421 g/mol. The van der Waals surface area contributed by atoms with Crippen molar-refractivity contribution in [2.24, 2.45) is 0 Å². The van der Waals surface area contributed by atoms with E-state index in [9.17, 15) is 9.18 Å². The summed E-state index contributed by atoms with van der Waals surface area (Å²) >= 11 is 13.3. The molecule has 8 heteroatoms. The molecule has 0 radical (unpaired) electrons. The van der Waals surface area contributed by atoms with Crippen LogP contribution in [0.5, 0.6) is 5.75 Å². The molecule has 27 heavy (non-hydrogen) atoms. The molecule has 4 rings (SSSR count). The fraction of sp³-hybridized carbons (Fsp3) is 0.0526. The Balaban J connectivity index is 1.71. The van der Waals surface area contributed by atoms with Crippen LogP contribution in [0.4, 0.5) is 10.1 Å². The predicted octanol–water partition coefficient (Wildman–Crippen LogP) is 6.16. The Morgan fingerprint density at radius 3 is 2.70 bits per heavy atom. The number of aromatic nitrogens is 1. The van der Waals surface area contributed by atoms with Crippen LogP contribution in [0.2, 0.25) is 10.0 Å². The van der Waals surface area contributed by atoms with E-state index in [-0.39, 0.29) is 10.9 Å². The lowest BCUT2D eigenvalue weighted by Crippen LogP contribution is -2.10. The molecule has 0 aliphatic heterocycles. The van der Waals surface area contributed by atoms with Crippen molar-refractivity contribution >= 4 is 67.3 Å². The Morgan fingerprint density at radius 1 is 1.15 bits per heavy atom. The Bertz CT molecular complexity index is 1210. The van der Waals surface area contributed by atoms with E-state index in [0.29, 0.717) is 31.7 Å². The van der Waals surface area contributed by atoms with Gasteiger partial charge in [-0.25, -0.2) is 9.37 Å². The average Bonchev–Trinajstić information content (AvgIpc) is 3.07. The number of halogens is 3. The SMILES string of the molecule is COc1ccc2cc3cc(C(=O)Nc4ccc(F)c(Cl)c4)sc3nc2c1Cl. The highest BCUT2D eigenvalue weighted by atomic mass is 35.5. The number of thiophene rings is 1. The van der Waals surface area contributed by atoms with Crippen molar-refractivity contribution in [1.82, 2.24) is 4.98 Å². The van der Waals surface area contributed by atoms with Crippen LogP contribution < -0.4 is 10.1 Å². The van der Waals surface area contributed by atoms with Crippen LogP contribution in [0.15, 0.2) is 42.5 Å². The summed E-state index contributed by atoms with van der Waals surface area (Å²) in [6, 6.07) is 11.3. The van der Waals surface area contributed by atoms with Gasteiger partial charge in [0.1, 0.15) is 21.4 Å². The van der Waals surface area contributed by atoms with Gasteiger partial charge in [-0.1, -0.05) is 23.2 Å². The van der Waals surface area contributed by atoms with E-state index < -0.39 is 5.82 Å². The molecule has 0 saturated heterocycles. The lowest BCUT2D eigenvalue weighted by atomic mass is 10.2. The quantitative estimate of drug-likeness (QED) is 0.431. The normalized spacial score (nSPS) is 11.1. The van der Waals surface area contributed by atoms with Gasteiger partial charge in [0.15, 0.2) is 0 Å². The lowest BCUT2D eigenvalue weighted by molar-refractivity contribution is 0.103. The molecule has 4 aromatic rings. The van der Waals surface area contributed by atoms with Crippen LogP contribution in [0.25, 0.3) is 21.1 Å². The van der Waals surface area contributed by atoms with E-state index in [4.69, 9.17) is 27.9 Å². The first kappa shape index (κ1) is 18.0. The number of nitrogens with one attached hydrogen (secondary N) is 1. The summed E-state index contributed by atoms with van der Waals surface area (Å²) in [5, 5.41) is 4.76. The highest BCUT2D eigenvalue weighted by Crippen LogP contribution is 2.35. The zero-order chi connectivity index (χ0) is 19.1. The van der Waals surface area contributed by atoms with Crippen LogP contribution in [-0.4, -0.2) is 18.0 Å². The first-order valence-electron chi connectivity index (χ1n) is 7.79. The number of amides is 1. The van der Waals surface area contributed by atoms with E-state index >= 15 is 0 Å². The van der Waals surface area contributed by atoms with E-state index in [0.717, 1.165) is 10.8 Å². The molecule has 4 nitrogen and oxygen atoms in total. The minimum Gasteiger partial charge on any atom is -0.495 e. The number of hydrogen-bond acceptors (Lipinski definition) is 4. The van der Waals surface area contributed by atoms with Gasteiger partial charge < -0.3 is 10.1 Å². The zero-order valence-electron chi connectivity index (χ0n) is 13.8. The third-order valence-electron chi connectivity index (χ3n) is 4.00. The van der Waals surface area contributed by atoms with Crippen molar-refractivity contribution in [3.8, 4) is 5.75 Å². The van der Waals surface area contributed by atoms with Gasteiger partial charge in [0.05, 0.1) is 22.5 Å². The summed E-state index contributed by atoms with van der Waals surface area (Å²) < 4.78 is 18.5. The Hall–Kier alpha value is -2.41. The monoisotopic (exact) mass is 420 g/mol. The summed E-state index contributed by atoms with van der Waals surface area (Å²) in [6.45, 7) is 0. The van der Waals surface area contributed by atoms with Crippen molar-refractivity contribution in [2.75, 3.05) is 12.4 Å². The number of hydrogen-bond donors (Lipinski definition) is 1. The maximum atomic E-state index is 13.3. The minimum absolute atomic E-state index is 0.0550. The second-order valence-corrected chi connectivity index (χ2v) is 7.55. The van der Waals surface area contributed by atoms with Gasteiger partial charge in [-0.2, -0.15) is 0 Å². The molecule has 2 aromatic heterocycles.